The fraction of sp³-hybridized carbons (Fsp3) is 0.562. The molecule has 3 heterocycles. The zero-order chi connectivity index (χ0) is 18.1. The van der Waals surface area contributed by atoms with Gasteiger partial charge in [-0.05, 0) is 13.3 Å². The van der Waals surface area contributed by atoms with E-state index in [0.29, 0.717) is 30.7 Å². The molecule has 9 heteroatoms. The van der Waals surface area contributed by atoms with Crippen LogP contribution in [-0.4, -0.2) is 45.6 Å². The van der Waals surface area contributed by atoms with Gasteiger partial charge in [0.1, 0.15) is 12.6 Å². The third-order valence-electron chi connectivity index (χ3n) is 4.63. The van der Waals surface area contributed by atoms with Crippen molar-refractivity contribution >= 4 is 17.1 Å². The Morgan fingerprint density at radius 2 is 2.40 bits per heavy atom. The van der Waals surface area contributed by atoms with Crippen molar-refractivity contribution in [1.82, 2.24) is 14.5 Å². The molecular formula is C16H24N5O4+. The second kappa shape index (κ2) is 6.95. The third kappa shape index (κ3) is 3.06. The van der Waals surface area contributed by atoms with Crippen LogP contribution < -0.4 is 15.9 Å². The van der Waals surface area contributed by atoms with Crippen LogP contribution in [0.4, 0.5) is 5.95 Å². The number of aliphatic hydroxyl groups is 1. The quantitative estimate of drug-likeness (QED) is 0.487. The fourth-order valence-corrected chi connectivity index (χ4v) is 3.42. The number of hydrogen-bond acceptors (Lipinski definition) is 6. The lowest BCUT2D eigenvalue weighted by molar-refractivity contribution is -0.662. The van der Waals surface area contributed by atoms with E-state index in [2.05, 4.69) is 16.5 Å². The molecule has 0 aromatic carbocycles. The Kier molecular flexibility index (Phi) is 4.89. The zero-order valence-corrected chi connectivity index (χ0v) is 14.4. The van der Waals surface area contributed by atoms with E-state index >= 15 is 0 Å². The van der Waals surface area contributed by atoms with Crippen molar-refractivity contribution in [3.05, 3.63) is 29.3 Å². The van der Waals surface area contributed by atoms with Gasteiger partial charge in [-0.25, -0.2) is 4.57 Å². The van der Waals surface area contributed by atoms with Crippen molar-refractivity contribution < 1.29 is 19.1 Å². The molecule has 4 atom stereocenters. The molecule has 2 unspecified atom stereocenters. The van der Waals surface area contributed by atoms with E-state index in [1.807, 2.05) is 6.92 Å². The van der Waals surface area contributed by atoms with Gasteiger partial charge >= 0.3 is 5.56 Å². The van der Waals surface area contributed by atoms with Gasteiger partial charge in [0.25, 0.3) is 11.2 Å². The molecule has 1 fully saturated rings. The van der Waals surface area contributed by atoms with Crippen LogP contribution in [0.3, 0.4) is 0 Å². The first kappa shape index (κ1) is 17.6. The lowest BCUT2D eigenvalue weighted by atomic mass is 9.95. The fourth-order valence-electron chi connectivity index (χ4n) is 3.42. The average molecular weight is 350 g/mol. The molecule has 4 N–H and O–H groups in total. The molecule has 1 aliphatic rings. The van der Waals surface area contributed by atoms with Crippen LogP contribution in [0.2, 0.25) is 0 Å². The molecule has 3 rings (SSSR count). The van der Waals surface area contributed by atoms with E-state index in [1.54, 1.807) is 28.6 Å². The van der Waals surface area contributed by atoms with Crippen molar-refractivity contribution in [3.63, 3.8) is 0 Å². The first-order chi connectivity index (χ1) is 12.0. The number of anilines is 1. The summed E-state index contributed by atoms with van der Waals surface area (Å²) in [7, 11) is 1.63. The molecule has 0 bridgehead atoms. The van der Waals surface area contributed by atoms with Gasteiger partial charge < -0.3 is 20.3 Å². The Balaban J connectivity index is 2.07. The van der Waals surface area contributed by atoms with Crippen LogP contribution in [0.25, 0.3) is 11.2 Å². The van der Waals surface area contributed by atoms with Crippen LogP contribution >= 0.6 is 0 Å². The first-order valence-corrected chi connectivity index (χ1v) is 8.21. The summed E-state index contributed by atoms with van der Waals surface area (Å²) in [4.78, 5) is 19.1. The van der Waals surface area contributed by atoms with E-state index < -0.39 is 12.3 Å². The molecule has 0 spiro atoms. The molecule has 1 saturated heterocycles. The topological polar surface area (TPSA) is 119 Å². The van der Waals surface area contributed by atoms with Crippen molar-refractivity contribution in [2.24, 2.45) is 5.92 Å². The van der Waals surface area contributed by atoms with E-state index in [-0.39, 0.29) is 23.5 Å². The zero-order valence-electron chi connectivity index (χ0n) is 14.4. The van der Waals surface area contributed by atoms with Gasteiger partial charge in [-0.2, -0.15) is 9.55 Å². The summed E-state index contributed by atoms with van der Waals surface area (Å²) in [5, 5.41) is 10.8. The summed E-state index contributed by atoms with van der Waals surface area (Å²) in [5.41, 5.74) is 6.08. The Morgan fingerprint density at radius 1 is 1.64 bits per heavy atom. The minimum Gasteiger partial charge on any atom is -0.386 e. The number of nitrogens with two attached hydrogens (primary N) is 1. The highest BCUT2D eigenvalue weighted by Gasteiger charge is 2.46. The molecule has 2 aromatic rings. The number of nitrogens with zero attached hydrogens (tertiary/aromatic N) is 3. The molecule has 0 saturated carbocycles. The molecule has 0 amide bonds. The molecule has 9 nitrogen and oxygen atoms in total. The molecule has 0 aliphatic carbocycles. The molecule has 136 valence electrons. The molecule has 1 aliphatic heterocycles. The Bertz CT molecular complexity index is 830. The van der Waals surface area contributed by atoms with Gasteiger partial charge in [-0.1, -0.05) is 12.7 Å². The number of aromatic amines is 1. The number of nitrogens with one attached hydrogen (secondary N) is 1. The maximum Gasteiger partial charge on any atom is 0.304 e. The lowest BCUT2D eigenvalue weighted by Crippen LogP contribution is -2.36. The SMILES string of the molecule is C=CC[n+]1cn([C@@H]2O[C@H](C)C(CCOC)C2O)c2nc(N)[nH]c(=O)c21. The lowest BCUT2D eigenvalue weighted by Gasteiger charge is -2.16. The van der Waals surface area contributed by atoms with Gasteiger partial charge in [-0.15, -0.1) is 0 Å². The Labute approximate surface area is 144 Å². The van der Waals surface area contributed by atoms with E-state index in [0.717, 1.165) is 0 Å². The van der Waals surface area contributed by atoms with Crippen LogP contribution in [0.15, 0.2) is 23.8 Å². The minimum absolute atomic E-state index is 0.0130. The highest BCUT2D eigenvalue weighted by molar-refractivity contribution is 5.67. The number of rotatable bonds is 6. The second-order valence-electron chi connectivity index (χ2n) is 6.25. The van der Waals surface area contributed by atoms with Gasteiger partial charge in [0.2, 0.25) is 18.5 Å². The molecular weight excluding hydrogens is 326 g/mol. The number of H-pyrrole nitrogens is 1. The summed E-state index contributed by atoms with van der Waals surface area (Å²) in [5.74, 6) is -0.0614. The Hall–Kier alpha value is -2.23. The first-order valence-electron chi connectivity index (χ1n) is 8.21. The van der Waals surface area contributed by atoms with Gasteiger partial charge in [-0.3, -0.25) is 9.78 Å². The van der Waals surface area contributed by atoms with Gasteiger partial charge in [0.15, 0.2) is 0 Å². The number of nitrogen functional groups attached to an aromatic ring is 1. The summed E-state index contributed by atoms with van der Waals surface area (Å²) < 4.78 is 14.5. The van der Waals surface area contributed by atoms with E-state index in [1.165, 1.54) is 0 Å². The minimum atomic E-state index is -0.750. The second-order valence-corrected chi connectivity index (χ2v) is 6.25. The highest BCUT2D eigenvalue weighted by Crippen LogP contribution is 2.36. The number of ether oxygens (including phenoxy) is 2. The van der Waals surface area contributed by atoms with Crippen molar-refractivity contribution in [1.29, 1.82) is 0 Å². The number of allylic oxidation sites excluding steroid dienone is 1. The monoisotopic (exact) mass is 350 g/mol. The van der Waals surface area contributed by atoms with Crippen molar-refractivity contribution in [2.45, 2.75) is 38.3 Å². The smallest absolute Gasteiger partial charge is 0.304 e. The summed E-state index contributed by atoms with van der Waals surface area (Å²) >= 11 is 0. The Morgan fingerprint density at radius 3 is 3.08 bits per heavy atom. The summed E-state index contributed by atoms with van der Waals surface area (Å²) in [6, 6.07) is 0. The predicted octanol–water partition coefficient (Wildman–Crippen LogP) is -0.289. The average Bonchev–Trinajstić information content (AvgIpc) is 3.04. The number of aliphatic hydroxyl groups excluding tert-OH is 1. The molecule has 0 radical (unpaired) electrons. The number of fused-ring (bicyclic) bond motifs is 1. The van der Waals surface area contributed by atoms with Gasteiger partial charge in [0, 0.05) is 19.6 Å². The summed E-state index contributed by atoms with van der Waals surface area (Å²) in [6.07, 6.45) is 2.50. The highest BCUT2D eigenvalue weighted by atomic mass is 16.5. The van der Waals surface area contributed by atoms with Crippen molar-refractivity contribution in [3.8, 4) is 0 Å². The van der Waals surface area contributed by atoms with E-state index in [4.69, 9.17) is 15.2 Å². The van der Waals surface area contributed by atoms with Gasteiger partial charge in [0.05, 0.1) is 6.10 Å². The van der Waals surface area contributed by atoms with Crippen LogP contribution in [0.5, 0.6) is 0 Å². The molecule has 2 aromatic heterocycles. The normalized spacial score (nSPS) is 26.4. The number of methoxy groups -OCH3 is 1. The van der Waals surface area contributed by atoms with Crippen LogP contribution in [-0.2, 0) is 16.0 Å². The molecule has 25 heavy (non-hydrogen) atoms. The largest absolute Gasteiger partial charge is 0.386 e. The number of imidazole rings is 1. The standard InChI is InChI=1S/C16H23N5O4/c1-4-6-20-8-21(13-11(20)14(23)19-16(17)18-13)15-12(22)10(5-7-24-3)9(2)25-15/h4,8-10,12,15,22H,1,5-7H2,2-3H3,(H2-,17,18,19,23)/p+1/t9-,10?,12?,15-/m1/s1. The number of aromatic nitrogens is 4. The van der Waals surface area contributed by atoms with Crippen LogP contribution in [0.1, 0.15) is 19.6 Å². The number of hydrogen-bond donors (Lipinski definition) is 3. The predicted molar refractivity (Wildman–Crippen MR) is 90.7 cm³/mol. The maximum absolute atomic E-state index is 12.3. The van der Waals surface area contributed by atoms with E-state index in [9.17, 15) is 9.90 Å². The van der Waals surface area contributed by atoms with Crippen LogP contribution in [0, 0.1) is 5.92 Å². The van der Waals surface area contributed by atoms with Crippen molar-refractivity contribution in [2.75, 3.05) is 19.5 Å². The maximum atomic E-state index is 12.3. The summed E-state index contributed by atoms with van der Waals surface area (Å²) in [6.45, 7) is 6.58. The third-order valence-corrected chi connectivity index (χ3v) is 4.63.